The Morgan fingerprint density at radius 3 is 2.59 bits per heavy atom. The van der Waals surface area contributed by atoms with Crippen molar-refractivity contribution in [1.29, 1.82) is 5.26 Å². The first-order valence-electron chi connectivity index (χ1n) is 9.07. The topological polar surface area (TPSA) is 78.7 Å². The third-order valence-corrected chi connectivity index (χ3v) is 3.88. The van der Waals surface area contributed by atoms with Crippen molar-refractivity contribution in [2.24, 2.45) is 4.99 Å². The van der Waals surface area contributed by atoms with Crippen LogP contribution < -0.4 is 20.1 Å². The van der Waals surface area contributed by atoms with E-state index >= 15 is 0 Å². The maximum absolute atomic E-state index is 13.9. The van der Waals surface area contributed by atoms with Crippen LogP contribution in [0.5, 0.6) is 11.5 Å². The van der Waals surface area contributed by atoms with Gasteiger partial charge in [-0.1, -0.05) is 12.1 Å². The minimum Gasteiger partial charge on any atom is -0.493 e. The molecule has 156 valence electrons. The number of para-hydroxylation sites is 2. The molecule has 2 rings (SSSR count). The summed E-state index contributed by atoms with van der Waals surface area (Å²) in [7, 11) is 1.60. The van der Waals surface area contributed by atoms with Crippen LogP contribution in [0.3, 0.4) is 0 Å². The zero-order valence-corrected chi connectivity index (χ0v) is 19.1. The van der Waals surface area contributed by atoms with Gasteiger partial charge < -0.3 is 20.1 Å². The van der Waals surface area contributed by atoms with Crippen molar-refractivity contribution in [2.75, 3.05) is 20.2 Å². The third kappa shape index (κ3) is 7.77. The van der Waals surface area contributed by atoms with Crippen molar-refractivity contribution >= 4 is 29.9 Å². The maximum atomic E-state index is 13.9. The minimum atomic E-state index is -0.383. The lowest BCUT2D eigenvalue weighted by Crippen LogP contribution is -2.41. The zero-order chi connectivity index (χ0) is 20.4. The van der Waals surface area contributed by atoms with Crippen LogP contribution in [0.15, 0.2) is 47.5 Å². The highest BCUT2D eigenvalue weighted by atomic mass is 127. The number of rotatable bonds is 8. The highest BCUT2D eigenvalue weighted by Gasteiger charge is 2.10. The number of guanidine groups is 1. The van der Waals surface area contributed by atoms with Gasteiger partial charge in [-0.2, -0.15) is 5.26 Å². The maximum Gasteiger partial charge on any atom is 0.191 e. The average Bonchev–Trinajstić information content (AvgIpc) is 2.71. The van der Waals surface area contributed by atoms with Crippen LogP contribution in [0.4, 0.5) is 4.39 Å². The molecular weight excluding hydrogens is 486 g/mol. The van der Waals surface area contributed by atoms with Crippen LogP contribution in [0, 0.1) is 17.1 Å². The van der Waals surface area contributed by atoms with Crippen molar-refractivity contribution in [3.8, 4) is 17.6 Å². The lowest BCUT2D eigenvalue weighted by molar-refractivity contribution is 0.213. The number of hydrogen-bond acceptors (Lipinski definition) is 4. The number of ether oxygens (including phenoxy) is 2. The Balaban J connectivity index is 0.00000420. The monoisotopic (exact) mass is 512 g/mol. The molecule has 0 amide bonds. The molecule has 1 atom stereocenters. The standard InChI is InChI=1S/C21H25FN4O2.HI/c1-4-24-21(26-14-17-11-16(12-23)9-10-18(17)22)25-13-15(2)28-20-8-6-5-7-19(20)27-3;/h5-11,15H,4,13-14H2,1-3H3,(H2,24,25,26);1H. The SMILES string of the molecule is CCNC(=NCc1cc(C#N)ccc1F)NCC(C)Oc1ccccc1OC.I. The summed E-state index contributed by atoms with van der Waals surface area (Å²) in [5.41, 5.74) is 0.776. The molecule has 0 aliphatic rings. The normalized spacial score (nSPS) is 11.6. The van der Waals surface area contributed by atoms with E-state index < -0.39 is 0 Å². The predicted octanol–water partition coefficient (Wildman–Crippen LogP) is 3.85. The number of halogens is 2. The van der Waals surface area contributed by atoms with Crippen molar-refractivity contribution in [3.05, 3.63) is 59.4 Å². The summed E-state index contributed by atoms with van der Waals surface area (Å²) in [4.78, 5) is 4.40. The van der Waals surface area contributed by atoms with Gasteiger partial charge in [0.05, 0.1) is 31.8 Å². The van der Waals surface area contributed by atoms with Crippen LogP contribution in [0.2, 0.25) is 0 Å². The van der Waals surface area contributed by atoms with Gasteiger partial charge in [-0.15, -0.1) is 24.0 Å². The highest BCUT2D eigenvalue weighted by molar-refractivity contribution is 14.0. The fourth-order valence-corrected chi connectivity index (χ4v) is 2.49. The molecule has 0 aliphatic carbocycles. The van der Waals surface area contributed by atoms with E-state index in [2.05, 4.69) is 15.6 Å². The van der Waals surface area contributed by atoms with Crippen molar-refractivity contribution in [1.82, 2.24) is 10.6 Å². The van der Waals surface area contributed by atoms with Gasteiger partial charge in [0.15, 0.2) is 17.5 Å². The largest absolute Gasteiger partial charge is 0.493 e. The van der Waals surface area contributed by atoms with E-state index in [4.69, 9.17) is 14.7 Å². The highest BCUT2D eigenvalue weighted by Crippen LogP contribution is 2.26. The Kier molecular flexibility index (Phi) is 10.8. The van der Waals surface area contributed by atoms with Crippen LogP contribution in [-0.2, 0) is 6.54 Å². The van der Waals surface area contributed by atoms with Crippen LogP contribution in [0.25, 0.3) is 0 Å². The first-order valence-corrected chi connectivity index (χ1v) is 9.07. The fraction of sp³-hybridized carbons (Fsp3) is 0.333. The van der Waals surface area contributed by atoms with Gasteiger partial charge in [-0.05, 0) is 44.2 Å². The lowest BCUT2D eigenvalue weighted by atomic mass is 10.1. The van der Waals surface area contributed by atoms with Crippen molar-refractivity contribution in [3.63, 3.8) is 0 Å². The third-order valence-electron chi connectivity index (χ3n) is 3.88. The smallest absolute Gasteiger partial charge is 0.191 e. The molecule has 2 aromatic carbocycles. The summed E-state index contributed by atoms with van der Waals surface area (Å²) in [6.45, 7) is 5.15. The zero-order valence-electron chi connectivity index (χ0n) is 16.7. The average molecular weight is 512 g/mol. The minimum absolute atomic E-state index is 0. The Morgan fingerprint density at radius 2 is 1.93 bits per heavy atom. The van der Waals surface area contributed by atoms with Crippen molar-refractivity contribution in [2.45, 2.75) is 26.5 Å². The Hall–Kier alpha value is -2.54. The van der Waals surface area contributed by atoms with E-state index in [1.54, 1.807) is 7.11 Å². The summed E-state index contributed by atoms with van der Waals surface area (Å²) in [6, 6.07) is 13.7. The summed E-state index contributed by atoms with van der Waals surface area (Å²) in [6.07, 6.45) is -0.154. The molecule has 0 aliphatic heterocycles. The molecule has 0 spiro atoms. The molecular formula is C21H26FIN4O2. The van der Waals surface area contributed by atoms with Crippen LogP contribution in [-0.4, -0.2) is 32.3 Å². The molecule has 2 N–H and O–H groups in total. The van der Waals surface area contributed by atoms with Gasteiger partial charge in [-0.25, -0.2) is 9.38 Å². The molecule has 0 fully saturated rings. The first kappa shape index (κ1) is 24.5. The summed E-state index contributed by atoms with van der Waals surface area (Å²) in [5, 5.41) is 15.3. The van der Waals surface area contributed by atoms with Gasteiger partial charge >= 0.3 is 0 Å². The molecule has 29 heavy (non-hydrogen) atoms. The van der Waals surface area contributed by atoms with E-state index in [1.807, 2.05) is 44.2 Å². The molecule has 0 aromatic heterocycles. The Morgan fingerprint density at radius 1 is 1.21 bits per heavy atom. The molecule has 0 radical (unpaired) electrons. The van der Waals surface area contributed by atoms with E-state index in [1.165, 1.54) is 18.2 Å². The predicted molar refractivity (Wildman–Crippen MR) is 122 cm³/mol. The van der Waals surface area contributed by atoms with E-state index in [-0.39, 0.29) is 42.4 Å². The molecule has 0 saturated heterocycles. The number of hydrogen-bond donors (Lipinski definition) is 2. The summed E-state index contributed by atoms with van der Waals surface area (Å²) >= 11 is 0. The number of benzene rings is 2. The number of nitrogens with zero attached hydrogens (tertiary/aromatic N) is 2. The van der Waals surface area contributed by atoms with E-state index in [0.717, 1.165) is 0 Å². The van der Waals surface area contributed by atoms with Gasteiger partial charge in [-0.3, -0.25) is 0 Å². The Labute approximate surface area is 188 Å². The number of aliphatic imine (C=N–C) groups is 1. The van der Waals surface area contributed by atoms with Crippen LogP contribution >= 0.6 is 24.0 Å². The molecule has 0 heterocycles. The van der Waals surface area contributed by atoms with E-state index in [0.29, 0.717) is 41.7 Å². The number of methoxy groups -OCH3 is 1. The van der Waals surface area contributed by atoms with Gasteiger partial charge in [0.25, 0.3) is 0 Å². The first-order chi connectivity index (χ1) is 13.6. The van der Waals surface area contributed by atoms with Gasteiger partial charge in [0.2, 0.25) is 0 Å². The Bertz CT molecular complexity index is 855. The molecule has 2 aromatic rings. The molecule has 0 saturated carbocycles. The quantitative estimate of drug-likeness (QED) is 0.319. The second kappa shape index (κ2) is 12.8. The number of nitriles is 1. The van der Waals surface area contributed by atoms with Gasteiger partial charge in [0, 0.05) is 12.1 Å². The second-order valence-corrected chi connectivity index (χ2v) is 6.07. The molecule has 8 heteroatoms. The molecule has 0 bridgehead atoms. The second-order valence-electron chi connectivity index (χ2n) is 6.07. The number of nitrogens with one attached hydrogen (secondary N) is 2. The van der Waals surface area contributed by atoms with Crippen molar-refractivity contribution < 1.29 is 13.9 Å². The van der Waals surface area contributed by atoms with Gasteiger partial charge in [0.1, 0.15) is 11.9 Å². The molecule has 1 unspecified atom stereocenters. The van der Waals surface area contributed by atoms with Crippen LogP contribution in [0.1, 0.15) is 25.0 Å². The van der Waals surface area contributed by atoms with E-state index in [9.17, 15) is 4.39 Å². The molecule has 6 nitrogen and oxygen atoms in total. The summed E-state index contributed by atoms with van der Waals surface area (Å²) < 4.78 is 25.1. The fourth-order valence-electron chi connectivity index (χ4n) is 2.49. The summed E-state index contributed by atoms with van der Waals surface area (Å²) in [5.74, 6) is 1.49. The lowest BCUT2D eigenvalue weighted by Gasteiger charge is -2.19.